The number of rotatable bonds is 3. The Morgan fingerprint density at radius 1 is 1.50 bits per heavy atom. The Hall–Kier alpha value is -1.47. The number of methoxy groups -OCH3 is 1. The highest BCUT2D eigenvalue weighted by Gasteiger charge is 2.21. The third kappa shape index (κ3) is 2.23. The molecular formula is C11H12BrFN4O. The second-order valence-electron chi connectivity index (χ2n) is 3.75. The number of aromatic nitrogens is 3. The quantitative estimate of drug-likeness (QED) is 0.937. The van der Waals surface area contributed by atoms with Gasteiger partial charge in [-0.2, -0.15) is 0 Å². The van der Waals surface area contributed by atoms with Gasteiger partial charge in [-0.25, -0.2) is 9.07 Å². The van der Waals surface area contributed by atoms with Crippen LogP contribution in [0.1, 0.15) is 17.3 Å². The molecule has 0 spiro atoms. The van der Waals surface area contributed by atoms with E-state index in [9.17, 15) is 4.39 Å². The molecule has 1 unspecified atom stereocenters. The molecule has 0 aliphatic heterocycles. The van der Waals surface area contributed by atoms with Gasteiger partial charge in [0.15, 0.2) is 4.60 Å². The lowest BCUT2D eigenvalue weighted by Crippen LogP contribution is -2.17. The number of halogens is 2. The summed E-state index contributed by atoms with van der Waals surface area (Å²) in [5, 5.41) is 7.65. The molecule has 0 amide bonds. The summed E-state index contributed by atoms with van der Waals surface area (Å²) in [5.74, 6) is 0.0283. The first-order valence-electron chi connectivity index (χ1n) is 5.18. The Morgan fingerprint density at radius 3 is 2.72 bits per heavy atom. The van der Waals surface area contributed by atoms with Crippen molar-refractivity contribution in [2.45, 2.75) is 6.04 Å². The largest absolute Gasteiger partial charge is 0.497 e. The number of nitrogens with two attached hydrogens (primary N) is 1. The molecule has 0 saturated heterocycles. The lowest BCUT2D eigenvalue weighted by atomic mass is 10.0. The van der Waals surface area contributed by atoms with Gasteiger partial charge in [0.05, 0.1) is 18.8 Å². The Morgan fingerprint density at radius 2 is 2.22 bits per heavy atom. The number of benzene rings is 1. The monoisotopic (exact) mass is 314 g/mol. The highest BCUT2D eigenvalue weighted by atomic mass is 79.9. The van der Waals surface area contributed by atoms with Gasteiger partial charge in [-0.3, -0.25) is 0 Å². The van der Waals surface area contributed by atoms with Crippen molar-refractivity contribution in [2.75, 3.05) is 7.11 Å². The van der Waals surface area contributed by atoms with Crippen molar-refractivity contribution in [3.8, 4) is 5.75 Å². The molecule has 18 heavy (non-hydrogen) atoms. The molecule has 2 rings (SSSR count). The van der Waals surface area contributed by atoms with E-state index in [1.54, 1.807) is 19.2 Å². The van der Waals surface area contributed by atoms with Crippen LogP contribution in [-0.4, -0.2) is 22.1 Å². The summed E-state index contributed by atoms with van der Waals surface area (Å²) in [6, 6.07) is 3.91. The Balaban J connectivity index is 2.43. The van der Waals surface area contributed by atoms with Gasteiger partial charge in [-0.15, -0.1) is 5.10 Å². The molecule has 0 bridgehead atoms. The van der Waals surface area contributed by atoms with Crippen LogP contribution in [-0.2, 0) is 7.05 Å². The SMILES string of the molecule is COc1ccc(C(N)c2c(Br)nnn2C)c(F)c1. The van der Waals surface area contributed by atoms with Crippen LogP contribution in [0.2, 0.25) is 0 Å². The van der Waals surface area contributed by atoms with Gasteiger partial charge in [0.25, 0.3) is 0 Å². The van der Waals surface area contributed by atoms with E-state index in [1.807, 2.05) is 0 Å². The molecule has 1 aromatic heterocycles. The molecule has 0 aliphatic rings. The minimum atomic E-state index is -0.648. The highest BCUT2D eigenvalue weighted by Crippen LogP contribution is 2.28. The maximum Gasteiger partial charge on any atom is 0.153 e. The number of hydrogen-bond donors (Lipinski definition) is 1. The molecule has 1 aromatic carbocycles. The van der Waals surface area contributed by atoms with Crippen molar-refractivity contribution >= 4 is 15.9 Å². The van der Waals surface area contributed by atoms with Crippen molar-refractivity contribution in [1.82, 2.24) is 15.0 Å². The summed E-state index contributed by atoms with van der Waals surface area (Å²) in [5.41, 5.74) is 7.02. The molecule has 1 heterocycles. The van der Waals surface area contributed by atoms with Crippen LogP contribution in [0.3, 0.4) is 0 Å². The molecule has 0 fully saturated rings. The molecule has 2 N–H and O–H groups in total. The Labute approximate surface area is 112 Å². The van der Waals surface area contributed by atoms with Crippen LogP contribution in [0.4, 0.5) is 4.39 Å². The predicted molar refractivity (Wildman–Crippen MR) is 67.7 cm³/mol. The normalized spacial score (nSPS) is 12.5. The predicted octanol–water partition coefficient (Wildman–Crippen LogP) is 1.77. The first-order valence-corrected chi connectivity index (χ1v) is 5.98. The zero-order valence-corrected chi connectivity index (χ0v) is 11.5. The van der Waals surface area contributed by atoms with E-state index >= 15 is 0 Å². The van der Waals surface area contributed by atoms with E-state index in [-0.39, 0.29) is 0 Å². The summed E-state index contributed by atoms with van der Waals surface area (Å²) in [6.07, 6.45) is 0. The molecule has 0 saturated carbocycles. The number of ether oxygens (including phenoxy) is 1. The minimum Gasteiger partial charge on any atom is -0.497 e. The van der Waals surface area contributed by atoms with E-state index < -0.39 is 11.9 Å². The minimum absolute atomic E-state index is 0.363. The fourth-order valence-corrected chi connectivity index (χ4v) is 2.28. The van der Waals surface area contributed by atoms with E-state index in [0.29, 0.717) is 21.6 Å². The number of nitrogens with zero attached hydrogens (tertiary/aromatic N) is 3. The fraction of sp³-hybridized carbons (Fsp3) is 0.273. The van der Waals surface area contributed by atoms with Crippen LogP contribution in [0.25, 0.3) is 0 Å². The Kier molecular flexibility index (Phi) is 3.63. The van der Waals surface area contributed by atoms with Crippen LogP contribution in [0, 0.1) is 5.82 Å². The van der Waals surface area contributed by atoms with Gasteiger partial charge in [-0.1, -0.05) is 11.3 Å². The van der Waals surface area contributed by atoms with Crippen LogP contribution < -0.4 is 10.5 Å². The average molecular weight is 315 g/mol. The first kappa shape index (κ1) is 13.0. The summed E-state index contributed by atoms with van der Waals surface area (Å²) in [6.45, 7) is 0. The van der Waals surface area contributed by atoms with Gasteiger partial charge >= 0.3 is 0 Å². The van der Waals surface area contributed by atoms with Gasteiger partial charge < -0.3 is 10.5 Å². The molecule has 1 atom stereocenters. The zero-order chi connectivity index (χ0) is 13.3. The molecular weight excluding hydrogens is 303 g/mol. The van der Waals surface area contributed by atoms with Crippen molar-refractivity contribution < 1.29 is 9.13 Å². The molecule has 0 radical (unpaired) electrons. The van der Waals surface area contributed by atoms with Gasteiger partial charge in [-0.05, 0) is 22.0 Å². The van der Waals surface area contributed by atoms with Crippen molar-refractivity contribution in [3.05, 3.63) is 39.9 Å². The van der Waals surface area contributed by atoms with Crippen LogP contribution in [0.15, 0.2) is 22.8 Å². The van der Waals surface area contributed by atoms with Crippen molar-refractivity contribution in [3.63, 3.8) is 0 Å². The van der Waals surface area contributed by atoms with Crippen molar-refractivity contribution in [2.24, 2.45) is 12.8 Å². The van der Waals surface area contributed by atoms with E-state index in [0.717, 1.165) is 0 Å². The number of hydrogen-bond acceptors (Lipinski definition) is 4. The summed E-state index contributed by atoms with van der Waals surface area (Å²) < 4.78 is 20.9. The lowest BCUT2D eigenvalue weighted by Gasteiger charge is -2.14. The zero-order valence-electron chi connectivity index (χ0n) is 9.89. The second kappa shape index (κ2) is 5.03. The first-order chi connectivity index (χ1) is 8.54. The molecule has 0 aliphatic carbocycles. The molecule has 96 valence electrons. The third-order valence-corrected chi connectivity index (χ3v) is 3.23. The summed E-state index contributed by atoms with van der Waals surface area (Å²) in [7, 11) is 3.18. The molecule has 7 heteroatoms. The highest BCUT2D eigenvalue weighted by molar-refractivity contribution is 9.10. The van der Waals surface area contributed by atoms with Crippen molar-refractivity contribution in [1.29, 1.82) is 0 Å². The summed E-state index contributed by atoms with van der Waals surface area (Å²) >= 11 is 3.25. The van der Waals surface area contributed by atoms with Crippen LogP contribution in [0.5, 0.6) is 5.75 Å². The van der Waals surface area contributed by atoms with Crippen LogP contribution >= 0.6 is 15.9 Å². The van der Waals surface area contributed by atoms with E-state index in [2.05, 4.69) is 26.2 Å². The average Bonchev–Trinajstić information content (AvgIpc) is 2.68. The van der Waals surface area contributed by atoms with Gasteiger partial charge in [0, 0.05) is 18.7 Å². The topological polar surface area (TPSA) is 66.0 Å². The van der Waals surface area contributed by atoms with E-state index in [1.165, 1.54) is 17.9 Å². The summed E-state index contributed by atoms with van der Waals surface area (Å²) in [4.78, 5) is 0. The second-order valence-corrected chi connectivity index (χ2v) is 4.51. The lowest BCUT2D eigenvalue weighted by molar-refractivity contribution is 0.410. The smallest absolute Gasteiger partial charge is 0.153 e. The maximum absolute atomic E-state index is 13.9. The Bertz CT molecular complexity index is 553. The molecule has 2 aromatic rings. The number of aryl methyl sites for hydroxylation is 1. The third-order valence-electron chi connectivity index (χ3n) is 2.66. The maximum atomic E-state index is 13.9. The molecule has 5 nitrogen and oxygen atoms in total. The fourth-order valence-electron chi connectivity index (χ4n) is 1.70. The van der Waals surface area contributed by atoms with Gasteiger partial charge in [0.2, 0.25) is 0 Å². The van der Waals surface area contributed by atoms with Gasteiger partial charge in [0.1, 0.15) is 11.6 Å². The standard InChI is InChI=1S/C11H12BrFN4O/c1-17-10(11(12)15-16-17)9(14)7-4-3-6(18-2)5-8(7)13/h3-5,9H,14H2,1-2H3. The van der Waals surface area contributed by atoms with E-state index in [4.69, 9.17) is 10.5 Å².